The number of nitrogens with one attached hydrogen (secondary N) is 1. The Morgan fingerprint density at radius 2 is 1.88 bits per heavy atom. The molecule has 0 unspecified atom stereocenters. The van der Waals surface area contributed by atoms with Gasteiger partial charge in [0.15, 0.2) is 11.0 Å². The Balaban J connectivity index is 1.40. The number of anilines is 1. The summed E-state index contributed by atoms with van der Waals surface area (Å²) < 4.78 is 0. The smallest absolute Gasteiger partial charge is 0.151 e. The molecule has 0 aliphatic carbocycles. The molecule has 1 aliphatic rings. The standard InChI is InChI=1S/C19H25ClN4O/c1-14(2-3-15-4-6-17(25)7-5-15)21-16-10-12-24(13-11-16)19-9-8-18(20)22-23-19/h4-9,14,16,21,25H,2-3,10-13H2,1H3/t14-/m1/s1. The number of phenolic OH excluding ortho intramolecular Hbond substituents is 1. The number of aryl methyl sites for hydroxylation is 1. The second-order valence-corrected chi connectivity index (χ2v) is 7.14. The van der Waals surface area contributed by atoms with Gasteiger partial charge >= 0.3 is 0 Å². The zero-order valence-electron chi connectivity index (χ0n) is 14.5. The van der Waals surface area contributed by atoms with Crippen molar-refractivity contribution < 1.29 is 5.11 Å². The summed E-state index contributed by atoms with van der Waals surface area (Å²) in [7, 11) is 0. The van der Waals surface area contributed by atoms with Crippen molar-refractivity contribution in [1.82, 2.24) is 15.5 Å². The van der Waals surface area contributed by atoms with Crippen LogP contribution in [0.15, 0.2) is 36.4 Å². The van der Waals surface area contributed by atoms with Crippen LogP contribution in [0, 0.1) is 0 Å². The fraction of sp³-hybridized carbons (Fsp3) is 0.474. The molecule has 0 amide bonds. The topological polar surface area (TPSA) is 61.3 Å². The van der Waals surface area contributed by atoms with Crippen LogP contribution in [0.25, 0.3) is 0 Å². The summed E-state index contributed by atoms with van der Waals surface area (Å²) in [5.74, 6) is 1.23. The van der Waals surface area contributed by atoms with E-state index in [0.29, 0.717) is 23.0 Å². The SMILES string of the molecule is C[C@H](CCc1ccc(O)cc1)NC1CCN(c2ccc(Cl)nn2)CC1. The second-order valence-electron chi connectivity index (χ2n) is 6.75. The predicted octanol–water partition coefficient (Wildman–Crippen LogP) is 3.42. The normalized spacial score (nSPS) is 16.8. The lowest BCUT2D eigenvalue weighted by atomic mass is 10.0. The summed E-state index contributed by atoms with van der Waals surface area (Å²) in [6.45, 7) is 4.22. The van der Waals surface area contributed by atoms with E-state index in [1.165, 1.54) is 5.56 Å². The molecule has 3 rings (SSSR count). The number of hydrogen-bond acceptors (Lipinski definition) is 5. The Hall–Kier alpha value is -1.85. The van der Waals surface area contributed by atoms with Gasteiger partial charge in [-0.05, 0) is 62.4 Å². The number of rotatable bonds is 6. The van der Waals surface area contributed by atoms with E-state index in [4.69, 9.17) is 11.6 Å². The van der Waals surface area contributed by atoms with Crippen LogP contribution >= 0.6 is 11.6 Å². The van der Waals surface area contributed by atoms with Crippen molar-refractivity contribution in [3.63, 3.8) is 0 Å². The molecule has 0 radical (unpaired) electrons. The van der Waals surface area contributed by atoms with Gasteiger partial charge in [0, 0.05) is 25.2 Å². The molecule has 0 bridgehead atoms. The quantitative estimate of drug-likeness (QED) is 0.826. The van der Waals surface area contributed by atoms with E-state index in [1.54, 1.807) is 18.2 Å². The molecule has 2 N–H and O–H groups in total. The maximum atomic E-state index is 9.34. The highest BCUT2D eigenvalue weighted by Gasteiger charge is 2.21. The average Bonchev–Trinajstić information content (AvgIpc) is 2.63. The van der Waals surface area contributed by atoms with E-state index < -0.39 is 0 Å². The van der Waals surface area contributed by atoms with Crippen molar-refractivity contribution in [2.24, 2.45) is 0 Å². The lowest BCUT2D eigenvalue weighted by Gasteiger charge is -2.34. The van der Waals surface area contributed by atoms with Gasteiger partial charge in [-0.2, -0.15) is 0 Å². The summed E-state index contributed by atoms with van der Waals surface area (Å²) in [5.41, 5.74) is 1.27. The lowest BCUT2D eigenvalue weighted by molar-refractivity contribution is 0.365. The largest absolute Gasteiger partial charge is 0.508 e. The van der Waals surface area contributed by atoms with E-state index in [2.05, 4.69) is 27.3 Å². The highest BCUT2D eigenvalue weighted by atomic mass is 35.5. The number of phenols is 1. The molecule has 5 nitrogen and oxygen atoms in total. The molecule has 1 aromatic carbocycles. The third-order valence-corrected chi connectivity index (χ3v) is 4.96. The molecule has 1 fully saturated rings. The Morgan fingerprint density at radius 3 is 2.52 bits per heavy atom. The second kappa shape index (κ2) is 8.50. The number of aromatic nitrogens is 2. The summed E-state index contributed by atoms with van der Waals surface area (Å²) in [4.78, 5) is 2.27. The van der Waals surface area contributed by atoms with Crippen LogP contribution in [0.2, 0.25) is 5.15 Å². The van der Waals surface area contributed by atoms with Crippen molar-refractivity contribution in [2.45, 2.75) is 44.7 Å². The van der Waals surface area contributed by atoms with E-state index in [1.807, 2.05) is 18.2 Å². The van der Waals surface area contributed by atoms with Gasteiger partial charge in [0.2, 0.25) is 0 Å². The number of benzene rings is 1. The van der Waals surface area contributed by atoms with Crippen molar-refractivity contribution in [2.75, 3.05) is 18.0 Å². The molecule has 2 aromatic rings. The maximum Gasteiger partial charge on any atom is 0.151 e. The van der Waals surface area contributed by atoms with E-state index in [0.717, 1.165) is 44.6 Å². The summed E-state index contributed by atoms with van der Waals surface area (Å²) in [5, 5.41) is 21.6. The lowest BCUT2D eigenvalue weighted by Crippen LogP contribution is -2.45. The van der Waals surface area contributed by atoms with Crippen molar-refractivity contribution in [3.8, 4) is 5.75 Å². The molecule has 6 heteroatoms. The van der Waals surface area contributed by atoms with Gasteiger partial charge in [0.05, 0.1) is 0 Å². The first-order valence-electron chi connectivity index (χ1n) is 8.88. The van der Waals surface area contributed by atoms with Crippen LogP contribution in [0.5, 0.6) is 5.75 Å². The van der Waals surface area contributed by atoms with Gasteiger partial charge in [0.25, 0.3) is 0 Å². The first-order valence-corrected chi connectivity index (χ1v) is 9.26. The number of nitrogens with zero attached hydrogens (tertiary/aromatic N) is 3. The average molecular weight is 361 g/mol. The predicted molar refractivity (Wildman–Crippen MR) is 101 cm³/mol. The summed E-state index contributed by atoms with van der Waals surface area (Å²) in [6.07, 6.45) is 4.32. The Morgan fingerprint density at radius 1 is 1.16 bits per heavy atom. The van der Waals surface area contributed by atoms with Crippen LogP contribution in [-0.2, 0) is 6.42 Å². The third kappa shape index (κ3) is 5.31. The molecular weight excluding hydrogens is 336 g/mol. The van der Waals surface area contributed by atoms with Crippen LogP contribution in [0.4, 0.5) is 5.82 Å². The fourth-order valence-electron chi connectivity index (χ4n) is 3.28. The van der Waals surface area contributed by atoms with Crippen LogP contribution in [-0.4, -0.2) is 40.5 Å². The van der Waals surface area contributed by atoms with Crippen molar-refractivity contribution in [1.29, 1.82) is 0 Å². The minimum atomic E-state index is 0.326. The highest BCUT2D eigenvalue weighted by molar-refractivity contribution is 6.29. The molecule has 1 aromatic heterocycles. The van der Waals surface area contributed by atoms with Gasteiger partial charge in [-0.25, -0.2) is 0 Å². The summed E-state index contributed by atoms with van der Waals surface area (Å²) >= 11 is 5.80. The molecule has 1 aliphatic heterocycles. The van der Waals surface area contributed by atoms with E-state index in [-0.39, 0.29) is 0 Å². The van der Waals surface area contributed by atoms with Crippen LogP contribution < -0.4 is 10.2 Å². The third-order valence-electron chi connectivity index (χ3n) is 4.76. The number of hydrogen-bond donors (Lipinski definition) is 2. The minimum absolute atomic E-state index is 0.326. The zero-order valence-corrected chi connectivity index (χ0v) is 15.3. The summed E-state index contributed by atoms with van der Waals surface area (Å²) in [6, 6.07) is 12.2. The minimum Gasteiger partial charge on any atom is -0.508 e. The van der Waals surface area contributed by atoms with Gasteiger partial charge in [-0.3, -0.25) is 0 Å². The van der Waals surface area contributed by atoms with E-state index >= 15 is 0 Å². The van der Waals surface area contributed by atoms with Gasteiger partial charge in [-0.15, -0.1) is 10.2 Å². The highest BCUT2D eigenvalue weighted by Crippen LogP contribution is 2.19. The molecule has 25 heavy (non-hydrogen) atoms. The molecular formula is C19H25ClN4O. The Kier molecular flexibility index (Phi) is 6.10. The van der Waals surface area contributed by atoms with Crippen LogP contribution in [0.3, 0.4) is 0 Å². The van der Waals surface area contributed by atoms with Gasteiger partial charge < -0.3 is 15.3 Å². The maximum absolute atomic E-state index is 9.34. The Labute approximate surface area is 154 Å². The fourth-order valence-corrected chi connectivity index (χ4v) is 3.39. The first kappa shape index (κ1) is 18.0. The monoisotopic (exact) mass is 360 g/mol. The van der Waals surface area contributed by atoms with Gasteiger partial charge in [0.1, 0.15) is 5.75 Å². The molecule has 1 saturated heterocycles. The van der Waals surface area contributed by atoms with E-state index in [9.17, 15) is 5.11 Å². The number of aromatic hydroxyl groups is 1. The molecule has 134 valence electrons. The first-order chi connectivity index (χ1) is 12.1. The molecule has 2 heterocycles. The zero-order chi connectivity index (χ0) is 17.6. The van der Waals surface area contributed by atoms with Crippen molar-refractivity contribution in [3.05, 3.63) is 47.1 Å². The number of piperidine rings is 1. The van der Waals surface area contributed by atoms with Crippen LogP contribution in [0.1, 0.15) is 31.7 Å². The Bertz CT molecular complexity index is 654. The van der Waals surface area contributed by atoms with Gasteiger partial charge in [-0.1, -0.05) is 23.7 Å². The van der Waals surface area contributed by atoms with Crippen molar-refractivity contribution >= 4 is 17.4 Å². The number of halogens is 1. The molecule has 0 spiro atoms. The molecule has 1 atom stereocenters. The molecule has 0 saturated carbocycles.